The second-order valence-electron chi connectivity index (χ2n) is 4.44. The van der Waals surface area contributed by atoms with Crippen molar-refractivity contribution in [3.63, 3.8) is 0 Å². The Morgan fingerprint density at radius 2 is 2.06 bits per heavy atom. The van der Waals surface area contributed by atoms with Gasteiger partial charge in [-0.1, -0.05) is 0 Å². The Bertz CT molecular complexity index is 380. The molecule has 2 rings (SSSR count). The average Bonchev–Trinajstić information content (AvgIpc) is 2.64. The number of hydrogen-bond donors (Lipinski definition) is 0. The second kappa shape index (κ2) is 4.88. The van der Waals surface area contributed by atoms with Crippen LogP contribution in [0.4, 0.5) is 0 Å². The summed E-state index contributed by atoms with van der Waals surface area (Å²) in [4.78, 5) is 15.3. The van der Waals surface area contributed by atoms with Gasteiger partial charge in [-0.3, -0.25) is 4.79 Å². The molecule has 0 N–H and O–H groups in total. The first-order valence-electron chi connectivity index (χ1n) is 5.67. The van der Waals surface area contributed by atoms with E-state index in [1.54, 1.807) is 0 Å². The highest BCUT2D eigenvalue weighted by molar-refractivity contribution is 9.10. The number of carbonyl (C=O) groups excluding carboxylic acids is 1. The van der Waals surface area contributed by atoms with Gasteiger partial charge in [0.1, 0.15) is 4.88 Å². The molecule has 1 aromatic rings. The van der Waals surface area contributed by atoms with Crippen LogP contribution in [0.3, 0.4) is 0 Å². The molecule has 0 aromatic carbocycles. The van der Waals surface area contributed by atoms with Crippen LogP contribution >= 0.6 is 27.3 Å². The fourth-order valence-corrected chi connectivity index (χ4v) is 3.87. The van der Waals surface area contributed by atoms with E-state index in [4.69, 9.17) is 0 Å². The van der Waals surface area contributed by atoms with Crippen LogP contribution in [0.5, 0.6) is 0 Å². The molecular weight excluding hydrogens is 286 g/mol. The molecule has 1 saturated heterocycles. The summed E-state index contributed by atoms with van der Waals surface area (Å²) in [5, 5.41) is 1.95. The number of thiophene rings is 1. The molecule has 0 unspecified atom stereocenters. The van der Waals surface area contributed by atoms with Crippen molar-refractivity contribution in [3.8, 4) is 0 Å². The first-order chi connectivity index (χ1) is 7.61. The van der Waals surface area contributed by atoms with Gasteiger partial charge in [0.15, 0.2) is 0 Å². The van der Waals surface area contributed by atoms with Gasteiger partial charge in [0.05, 0.1) is 0 Å². The van der Waals surface area contributed by atoms with Gasteiger partial charge in [0.2, 0.25) is 0 Å². The molecule has 88 valence electrons. The van der Waals surface area contributed by atoms with Gasteiger partial charge in [-0.15, -0.1) is 11.3 Å². The van der Waals surface area contributed by atoms with Crippen LogP contribution in [0.2, 0.25) is 0 Å². The predicted octanol–water partition coefficient (Wildman–Crippen LogP) is 3.91. The smallest absolute Gasteiger partial charge is 0.265 e. The highest BCUT2D eigenvalue weighted by atomic mass is 79.9. The zero-order valence-corrected chi connectivity index (χ0v) is 12.0. The van der Waals surface area contributed by atoms with E-state index in [-0.39, 0.29) is 5.91 Å². The number of nitrogens with zero attached hydrogens (tertiary/aromatic N) is 1. The summed E-state index contributed by atoms with van der Waals surface area (Å²) in [5.41, 5.74) is 0. The third-order valence-corrected chi connectivity index (χ3v) is 5.07. The number of hydrogen-bond acceptors (Lipinski definition) is 2. The Morgan fingerprint density at radius 3 is 2.56 bits per heavy atom. The van der Waals surface area contributed by atoms with Crippen LogP contribution in [0.25, 0.3) is 0 Å². The van der Waals surface area contributed by atoms with Crippen molar-refractivity contribution in [2.75, 3.05) is 0 Å². The number of rotatable bonds is 1. The Hall–Kier alpha value is -0.350. The van der Waals surface area contributed by atoms with Gasteiger partial charge in [-0.2, -0.15) is 0 Å². The van der Waals surface area contributed by atoms with Gasteiger partial charge in [-0.05, 0) is 60.5 Å². The lowest BCUT2D eigenvalue weighted by Crippen LogP contribution is -2.47. The molecule has 1 aliphatic heterocycles. The number of piperidine rings is 1. The molecule has 16 heavy (non-hydrogen) atoms. The maximum absolute atomic E-state index is 12.4. The van der Waals surface area contributed by atoms with E-state index in [0.29, 0.717) is 12.1 Å². The van der Waals surface area contributed by atoms with E-state index >= 15 is 0 Å². The average molecular weight is 302 g/mol. The predicted molar refractivity (Wildman–Crippen MR) is 71.0 cm³/mol. The molecule has 2 nitrogen and oxygen atoms in total. The van der Waals surface area contributed by atoms with E-state index in [0.717, 1.165) is 22.2 Å². The SMILES string of the molecule is C[C@@H]1CCC[C@H](C)N1C(=O)c1sccc1Br. The Morgan fingerprint density at radius 1 is 1.44 bits per heavy atom. The highest BCUT2D eigenvalue weighted by Crippen LogP contribution is 2.29. The van der Waals surface area contributed by atoms with E-state index in [1.165, 1.54) is 17.8 Å². The molecule has 0 bridgehead atoms. The summed E-state index contributed by atoms with van der Waals surface area (Å²) in [5.74, 6) is 0.182. The summed E-state index contributed by atoms with van der Waals surface area (Å²) in [6, 6.07) is 2.67. The molecule has 2 atom stereocenters. The molecular formula is C12H16BrNOS. The van der Waals surface area contributed by atoms with Gasteiger partial charge in [0.25, 0.3) is 5.91 Å². The van der Waals surface area contributed by atoms with Crippen LogP contribution in [-0.4, -0.2) is 22.9 Å². The number of halogens is 1. The minimum Gasteiger partial charge on any atom is -0.333 e. The van der Waals surface area contributed by atoms with Crippen molar-refractivity contribution in [2.24, 2.45) is 0 Å². The van der Waals surface area contributed by atoms with Gasteiger partial charge in [0, 0.05) is 16.6 Å². The molecule has 0 aliphatic carbocycles. The van der Waals surface area contributed by atoms with Gasteiger partial charge < -0.3 is 4.90 Å². The Labute approximate surface area is 109 Å². The number of likely N-dealkylation sites (tertiary alicyclic amines) is 1. The lowest BCUT2D eigenvalue weighted by Gasteiger charge is -2.38. The lowest BCUT2D eigenvalue weighted by molar-refractivity contribution is 0.0515. The molecule has 2 heterocycles. The Kier molecular flexibility index (Phi) is 3.70. The van der Waals surface area contributed by atoms with Crippen LogP contribution in [-0.2, 0) is 0 Å². The normalized spacial score (nSPS) is 25.8. The first-order valence-corrected chi connectivity index (χ1v) is 7.34. The molecule has 0 spiro atoms. The molecule has 1 amide bonds. The fourth-order valence-electron chi connectivity index (χ4n) is 2.39. The second-order valence-corrected chi connectivity index (χ2v) is 6.21. The van der Waals surface area contributed by atoms with Crippen molar-refractivity contribution in [2.45, 2.75) is 45.2 Å². The quantitative estimate of drug-likeness (QED) is 0.770. The Balaban J connectivity index is 2.23. The molecule has 0 radical (unpaired) electrons. The van der Waals surface area contributed by atoms with E-state index in [9.17, 15) is 4.79 Å². The number of amides is 1. The minimum absolute atomic E-state index is 0.182. The molecule has 4 heteroatoms. The van der Waals surface area contributed by atoms with Crippen molar-refractivity contribution < 1.29 is 4.79 Å². The van der Waals surface area contributed by atoms with E-state index in [1.807, 2.05) is 16.3 Å². The van der Waals surface area contributed by atoms with E-state index < -0.39 is 0 Å². The molecule has 1 aromatic heterocycles. The van der Waals surface area contributed by atoms with E-state index in [2.05, 4.69) is 29.8 Å². The molecule has 0 saturated carbocycles. The summed E-state index contributed by atoms with van der Waals surface area (Å²) >= 11 is 4.95. The molecule has 1 fully saturated rings. The largest absolute Gasteiger partial charge is 0.333 e. The summed E-state index contributed by atoms with van der Waals surface area (Å²) in [6.07, 6.45) is 3.48. The summed E-state index contributed by atoms with van der Waals surface area (Å²) in [6.45, 7) is 4.30. The zero-order valence-electron chi connectivity index (χ0n) is 9.57. The summed E-state index contributed by atoms with van der Waals surface area (Å²) < 4.78 is 0.924. The number of carbonyl (C=O) groups is 1. The van der Waals surface area contributed by atoms with Crippen LogP contribution < -0.4 is 0 Å². The van der Waals surface area contributed by atoms with Gasteiger partial charge >= 0.3 is 0 Å². The fraction of sp³-hybridized carbons (Fsp3) is 0.583. The monoisotopic (exact) mass is 301 g/mol. The summed E-state index contributed by atoms with van der Waals surface area (Å²) in [7, 11) is 0. The maximum Gasteiger partial charge on any atom is 0.265 e. The van der Waals surface area contributed by atoms with Crippen molar-refractivity contribution in [1.29, 1.82) is 0 Å². The zero-order chi connectivity index (χ0) is 11.7. The lowest BCUT2D eigenvalue weighted by atomic mass is 9.97. The highest BCUT2D eigenvalue weighted by Gasteiger charge is 2.30. The third kappa shape index (κ3) is 2.18. The van der Waals surface area contributed by atoms with Gasteiger partial charge in [-0.25, -0.2) is 0 Å². The standard InChI is InChI=1S/C12H16BrNOS/c1-8-4-3-5-9(2)14(8)12(15)11-10(13)6-7-16-11/h6-9H,3-5H2,1-2H3/t8-,9+. The topological polar surface area (TPSA) is 20.3 Å². The first kappa shape index (κ1) is 12.1. The molecule has 1 aliphatic rings. The van der Waals surface area contributed by atoms with Crippen LogP contribution in [0.1, 0.15) is 42.8 Å². The van der Waals surface area contributed by atoms with Crippen molar-refractivity contribution >= 4 is 33.2 Å². The van der Waals surface area contributed by atoms with Crippen LogP contribution in [0, 0.1) is 0 Å². The van der Waals surface area contributed by atoms with Crippen molar-refractivity contribution in [3.05, 3.63) is 20.8 Å². The third-order valence-electron chi connectivity index (χ3n) is 3.24. The minimum atomic E-state index is 0.182. The maximum atomic E-state index is 12.4. The van der Waals surface area contributed by atoms with Crippen LogP contribution in [0.15, 0.2) is 15.9 Å². The van der Waals surface area contributed by atoms with Crippen molar-refractivity contribution in [1.82, 2.24) is 4.90 Å².